The third kappa shape index (κ3) is 1.87. The Kier molecular flexibility index (Phi) is 2.56. The van der Waals surface area contributed by atoms with Gasteiger partial charge in [0.2, 0.25) is 0 Å². The van der Waals surface area contributed by atoms with Crippen LogP contribution in [0.2, 0.25) is 0 Å². The summed E-state index contributed by atoms with van der Waals surface area (Å²) in [6.45, 7) is 1.54. The molecule has 2 heterocycles. The molecule has 3 aromatic rings. The number of benzene rings is 1. The topological polar surface area (TPSA) is 60.4 Å². The minimum atomic E-state index is 0.0188. The van der Waals surface area contributed by atoms with Crippen LogP contribution in [0.15, 0.2) is 48.7 Å². The summed E-state index contributed by atoms with van der Waals surface area (Å²) < 4.78 is 1.79. The summed E-state index contributed by atoms with van der Waals surface area (Å²) in [4.78, 5) is 15.9. The van der Waals surface area contributed by atoms with Crippen molar-refractivity contribution in [1.29, 1.82) is 0 Å². The summed E-state index contributed by atoms with van der Waals surface area (Å²) in [5.41, 5.74) is 9.14. The number of imidazole rings is 1. The van der Waals surface area contributed by atoms with Gasteiger partial charge >= 0.3 is 0 Å². The Labute approximate surface area is 110 Å². The Bertz CT molecular complexity index is 760. The molecular weight excluding hydrogens is 238 g/mol. The maximum absolute atomic E-state index is 11.4. The fourth-order valence-electron chi connectivity index (χ4n) is 2.09. The molecule has 0 amide bonds. The highest BCUT2D eigenvalue weighted by Crippen LogP contribution is 2.26. The molecule has 1 aromatic carbocycles. The normalized spacial score (nSPS) is 10.8. The summed E-state index contributed by atoms with van der Waals surface area (Å²) in [6, 6.07) is 13.3. The van der Waals surface area contributed by atoms with Crippen LogP contribution < -0.4 is 5.73 Å². The summed E-state index contributed by atoms with van der Waals surface area (Å²) in [5.74, 6) is 0.599. The number of hydrogen-bond donors (Lipinski definition) is 1. The SMILES string of the molecule is CC(=O)c1ccn2c(N)c(-c3ccccc3)nc2c1. The lowest BCUT2D eigenvalue weighted by Crippen LogP contribution is -1.97. The molecule has 0 unspecified atom stereocenters. The fraction of sp³-hybridized carbons (Fsp3) is 0.0667. The van der Waals surface area contributed by atoms with Gasteiger partial charge in [-0.05, 0) is 19.1 Å². The van der Waals surface area contributed by atoms with Crippen LogP contribution >= 0.6 is 0 Å². The molecule has 4 heteroatoms. The molecule has 2 N–H and O–H groups in total. The van der Waals surface area contributed by atoms with E-state index in [-0.39, 0.29) is 5.78 Å². The van der Waals surface area contributed by atoms with Crippen LogP contribution in [0.3, 0.4) is 0 Å². The molecule has 0 saturated heterocycles. The number of carbonyl (C=O) groups is 1. The van der Waals surface area contributed by atoms with E-state index in [1.807, 2.05) is 30.3 Å². The zero-order chi connectivity index (χ0) is 13.4. The van der Waals surface area contributed by atoms with E-state index in [0.717, 1.165) is 11.3 Å². The first-order valence-corrected chi connectivity index (χ1v) is 6.01. The summed E-state index contributed by atoms with van der Waals surface area (Å²) >= 11 is 0. The van der Waals surface area contributed by atoms with Crippen LogP contribution in [0.4, 0.5) is 5.82 Å². The molecule has 0 fully saturated rings. The zero-order valence-corrected chi connectivity index (χ0v) is 10.5. The number of anilines is 1. The fourth-order valence-corrected chi connectivity index (χ4v) is 2.09. The number of Topliss-reactive ketones (excluding diaryl/α,β-unsaturated/α-hetero) is 1. The van der Waals surface area contributed by atoms with Crippen molar-refractivity contribution in [3.63, 3.8) is 0 Å². The maximum Gasteiger partial charge on any atom is 0.159 e. The molecule has 0 aliphatic carbocycles. The molecule has 2 aromatic heterocycles. The monoisotopic (exact) mass is 251 g/mol. The van der Waals surface area contributed by atoms with Gasteiger partial charge in [0, 0.05) is 17.3 Å². The number of nitrogens with zero attached hydrogens (tertiary/aromatic N) is 2. The van der Waals surface area contributed by atoms with Crippen LogP contribution in [0.1, 0.15) is 17.3 Å². The number of pyridine rings is 1. The standard InChI is InChI=1S/C15H13N3O/c1-10(19)12-7-8-18-13(9-12)17-14(15(18)16)11-5-3-2-4-6-11/h2-9H,16H2,1H3. The molecular formula is C15H13N3O. The average Bonchev–Trinajstić information content (AvgIpc) is 2.76. The first-order valence-electron chi connectivity index (χ1n) is 6.01. The van der Waals surface area contributed by atoms with Gasteiger partial charge in [-0.3, -0.25) is 9.20 Å². The van der Waals surface area contributed by atoms with Crippen molar-refractivity contribution in [1.82, 2.24) is 9.38 Å². The molecule has 3 rings (SSSR count). The molecule has 0 saturated carbocycles. The van der Waals surface area contributed by atoms with Gasteiger partial charge in [-0.15, -0.1) is 0 Å². The Morgan fingerprint density at radius 3 is 2.63 bits per heavy atom. The molecule has 0 spiro atoms. The number of nitrogens with two attached hydrogens (primary N) is 1. The van der Waals surface area contributed by atoms with Gasteiger partial charge in [0.1, 0.15) is 17.2 Å². The lowest BCUT2D eigenvalue weighted by Gasteiger charge is -1.99. The number of aromatic nitrogens is 2. The number of hydrogen-bond acceptors (Lipinski definition) is 3. The first kappa shape index (κ1) is 11.5. The third-order valence-corrected chi connectivity index (χ3v) is 3.12. The zero-order valence-electron chi connectivity index (χ0n) is 10.5. The van der Waals surface area contributed by atoms with E-state index in [4.69, 9.17) is 5.73 Å². The molecule has 94 valence electrons. The van der Waals surface area contributed by atoms with Crippen molar-refractivity contribution < 1.29 is 4.79 Å². The van der Waals surface area contributed by atoms with Crippen molar-refractivity contribution in [2.24, 2.45) is 0 Å². The molecule has 0 atom stereocenters. The summed E-state index contributed by atoms with van der Waals surface area (Å²) in [7, 11) is 0. The van der Waals surface area contributed by atoms with E-state index in [1.54, 1.807) is 22.7 Å². The Morgan fingerprint density at radius 1 is 1.21 bits per heavy atom. The predicted octanol–water partition coefficient (Wildman–Crippen LogP) is 2.79. The van der Waals surface area contributed by atoms with Crippen LogP contribution in [0.5, 0.6) is 0 Å². The quantitative estimate of drug-likeness (QED) is 0.712. The van der Waals surface area contributed by atoms with Crippen LogP contribution in [0.25, 0.3) is 16.9 Å². The molecule has 19 heavy (non-hydrogen) atoms. The van der Waals surface area contributed by atoms with E-state index in [0.29, 0.717) is 17.0 Å². The van der Waals surface area contributed by atoms with E-state index in [1.165, 1.54) is 6.92 Å². The minimum Gasteiger partial charge on any atom is -0.383 e. The Hall–Kier alpha value is -2.62. The minimum absolute atomic E-state index is 0.0188. The van der Waals surface area contributed by atoms with Crippen LogP contribution in [-0.4, -0.2) is 15.2 Å². The number of carbonyl (C=O) groups excluding carboxylic acids is 1. The van der Waals surface area contributed by atoms with Gasteiger partial charge in [0.25, 0.3) is 0 Å². The van der Waals surface area contributed by atoms with Crippen LogP contribution in [0, 0.1) is 0 Å². The molecule has 0 bridgehead atoms. The van der Waals surface area contributed by atoms with Crippen molar-refractivity contribution in [3.8, 4) is 11.3 Å². The highest BCUT2D eigenvalue weighted by molar-refractivity contribution is 5.95. The van der Waals surface area contributed by atoms with E-state index < -0.39 is 0 Å². The first-order chi connectivity index (χ1) is 9.16. The van der Waals surface area contributed by atoms with Gasteiger partial charge in [-0.25, -0.2) is 4.98 Å². The highest BCUT2D eigenvalue weighted by atomic mass is 16.1. The average molecular weight is 251 g/mol. The van der Waals surface area contributed by atoms with Gasteiger partial charge in [0.15, 0.2) is 5.78 Å². The molecule has 4 nitrogen and oxygen atoms in total. The summed E-state index contributed by atoms with van der Waals surface area (Å²) in [6.07, 6.45) is 1.78. The Balaban J connectivity index is 2.23. The smallest absolute Gasteiger partial charge is 0.159 e. The molecule has 0 radical (unpaired) electrons. The van der Waals surface area contributed by atoms with Gasteiger partial charge in [0.05, 0.1) is 0 Å². The molecule has 0 aliphatic heterocycles. The second-order valence-electron chi connectivity index (χ2n) is 4.41. The number of nitrogen functional groups attached to an aromatic ring is 1. The summed E-state index contributed by atoms with van der Waals surface area (Å²) in [5, 5.41) is 0. The molecule has 0 aliphatic rings. The lowest BCUT2D eigenvalue weighted by atomic mass is 10.1. The van der Waals surface area contributed by atoms with E-state index >= 15 is 0 Å². The third-order valence-electron chi connectivity index (χ3n) is 3.12. The Morgan fingerprint density at radius 2 is 1.95 bits per heavy atom. The largest absolute Gasteiger partial charge is 0.383 e. The van der Waals surface area contributed by atoms with Gasteiger partial charge in [-0.2, -0.15) is 0 Å². The second-order valence-corrected chi connectivity index (χ2v) is 4.41. The van der Waals surface area contributed by atoms with Gasteiger partial charge in [-0.1, -0.05) is 30.3 Å². The number of ketones is 1. The van der Waals surface area contributed by atoms with Crippen molar-refractivity contribution in [3.05, 3.63) is 54.2 Å². The van der Waals surface area contributed by atoms with Crippen molar-refractivity contribution >= 4 is 17.2 Å². The maximum atomic E-state index is 11.4. The van der Waals surface area contributed by atoms with Crippen molar-refractivity contribution in [2.45, 2.75) is 6.92 Å². The number of rotatable bonds is 2. The number of fused-ring (bicyclic) bond motifs is 1. The highest BCUT2D eigenvalue weighted by Gasteiger charge is 2.12. The lowest BCUT2D eigenvalue weighted by molar-refractivity contribution is 0.101. The van der Waals surface area contributed by atoms with Gasteiger partial charge < -0.3 is 5.73 Å². The van der Waals surface area contributed by atoms with E-state index in [9.17, 15) is 4.79 Å². The van der Waals surface area contributed by atoms with Crippen molar-refractivity contribution in [2.75, 3.05) is 5.73 Å². The van der Waals surface area contributed by atoms with E-state index in [2.05, 4.69) is 4.98 Å². The van der Waals surface area contributed by atoms with Crippen LogP contribution in [-0.2, 0) is 0 Å². The second kappa shape index (κ2) is 4.24. The predicted molar refractivity (Wildman–Crippen MR) is 75.0 cm³/mol.